The highest BCUT2D eigenvalue weighted by Crippen LogP contribution is 2.46. The van der Waals surface area contributed by atoms with Gasteiger partial charge in [0.1, 0.15) is 11.2 Å². The summed E-state index contributed by atoms with van der Waals surface area (Å²) in [5.74, 6) is 0.696. The van der Waals surface area contributed by atoms with Crippen molar-refractivity contribution < 1.29 is 4.42 Å². The summed E-state index contributed by atoms with van der Waals surface area (Å²) in [6, 6.07) is 68.9. The maximum absolute atomic E-state index is 6.54. The Kier molecular flexibility index (Phi) is 6.66. The predicted molar refractivity (Wildman–Crippen MR) is 244 cm³/mol. The van der Waals surface area contributed by atoms with Crippen molar-refractivity contribution in [3.05, 3.63) is 194 Å². The van der Waals surface area contributed by atoms with Crippen LogP contribution in [0.3, 0.4) is 0 Å². The van der Waals surface area contributed by atoms with Crippen molar-refractivity contribution in [3.8, 4) is 34.0 Å². The molecule has 0 spiro atoms. The first-order chi connectivity index (χ1) is 29.3. The molecule has 4 aromatic heterocycles. The van der Waals surface area contributed by atoms with E-state index in [1.165, 1.54) is 43.4 Å². The zero-order valence-electron chi connectivity index (χ0n) is 31.7. The molecule has 13 aromatic rings. The Morgan fingerprint density at radius 3 is 1.93 bits per heavy atom. The number of furan rings is 1. The molecule has 0 aliphatic heterocycles. The summed E-state index contributed by atoms with van der Waals surface area (Å²) in [6.07, 6.45) is 0. The maximum Gasteiger partial charge on any atom is 0.160 e. The molecule has 274 valence electrons. The van der Waals surface area contributed by atoms with E-state index in [9.17, 15) is 0 Å². The van der Waals surface area contributed by atoms with E-state index in [0.29, 0.717) is 5.82 Å². The van der Waals surface area contributed by atoms with Gasteiger partial charge in [-0.25, -0.2) is 9.97 Å². The molecule has 0 amide bonds. The van der Waals surface area contributed by atoms with Gasteiger partial charge in [-0.1, -0.05) is 121 Å². The van der Waals surface area contributed by atoms with Crippen LogP contribution in [0.1, 0.15) is 0 Å². The van der Waals surface area contributed by atoms with Crippen LogP contribution in [-0.4, -0.2) is 19.1 Å². The lowest BCUT2D eigenvalue weighted by molar-refractivity contribution is 0.669. The third-order valence-corrected chi connectivity index (χ3v) is 12.1. The van der Waals surface area contributed by atoms with Gasteiger partial charge < -0.3 is 13.6 Å². The molecule has 0 aliphatic rings. The van der Waals surface area contributed by atoms with Crippen LogP contribution in [0, 0.1) is 0 Å². The van der Waals surface area contributed by atoms with Gasteiger partial charge in [0.05, 0.1) is 38.7 Å². The number of hydrogen-bond donors (Lipinski definition) is 0. The molecule has 0 atom stereocenters. The third kappa shape index (κ3) is 4.67. The zero-order valence-corrected chi connectivity index (χ0v) is 31.7. The van der Waals surface area contributed by atoms with Gasteiger partial charge in [0.15, 0.2) is 5.82 Å². The van der Waals surface area contributed by atoms with Gasteiger partial charge in [-0.15, -0.1) is 0 Å². The average Bonchev–Trinajstić information content (AvgIpc) is 3.96. The SMILES string of the molecule is c1ccc(-c2nc(-c3ccc(-n4c5ccc6c7ccccc7n(-c7ccc8ccccc8c7)c6c5c5ccc6oc7ccccc7c6c54)cc3)nc3ccccc23)cc1. The van der Waals surface area contributed by atoms with E-state index >= 15 is 0 Å². The molecule has 0 N–H and O–H groups in total. The van der Waals surface area contributed by atoms with Crippen LogP contribution in [0.25, 0.3) is 121 Å². The topological polar surface area (TPSA) is 48.8 Å². The first-order valence-corrected chi connectivity index (χ1v) is 20.0. The van der Waals surface area contributed by atoms with Crippen LogP contribution in [0.2, 0.25) is 0 Å². The quantitative estimate of drug-likeness (QED) is 0.180. The number of nitrogens with zero attached hydrogens (tertiary/aromatic N) is 4. The Bertz CT molecular complexity index is 3830. The summed E-state index contributed by atoms with van der Waals surface area (Å²) in [7, 11) is 0. The normalized spacial score (nSPS) is 12.1. The summed E-state index contributed by atoms with van der Waals surface area (Å²) < 4.78 is 11.4. The second kappa shape index (κ2) is 12.2. The summed E-state index contributed by atoms with van der Waals surface area (Å²) in [5.41, 5.74) is 12.4. The number of rotatable bonds is 4. The van der Waals surface area contributed by atoms with Crippen molar-refractivity contribution in [1.82, 2.24) is 19.1 Å². The molecule has 0 fully saturated rings. The molecule has 0 saturated heterocycles. The number of benzene rings is 9. The zero-order chi connectivity index (χ0) is 38.6. The number of hydrogen-bond acceptors (Lipinski definition) is 3. The van der Waals surface area contributed by atoms with Crippen LogP contribution >= 0.6 is 0 Å². The second-order valence-corrected chi connectivity index (χ2v) is 15.3. The minimum Gasteiger partial charge on any atom is -0.456 e. The molecule has 4 heterocycles. The van der Waals surface area contributed by atoms with Crippen molar-refractivity contribution >= 4 is 87.2 Å². The fourth-order valence-electron chi connectivity index (χ4n) is 9.49. The number of fused-ring (bicyclic) bond motifs is 13. The summed E-state index contributed by atoms with van der Waals surface area (Å²) >= 11 is 0. The molecule has 9 aromatic carbocycles. The van der Waals surface area contributed by atoms with Gasteiger partial charge >= 0.3 is 0 Å². The van der Waals surface area contributed by atoms with Crippen molar-refractivity contribution in [2.45, 2.75) is 0 Å². The van der Waals surface area contributed by atoms with Crippen molar-refractivity contribution in [2.75, 3.05) is 0 Å². The maximum atomic E-state index is 6.54. The lowest BCUT2D eigenvalue weighted by Gasteiger charge is -2.12. The number of aromatic nitrogens is 4. The van der Waals surface area contributed by atoms with E-state index in [1.807, 2.05) is 24.3 Å². The predicted octanol–water partition coefficient (Wildman–Crippen LogP) is 14.2. The molecule has 13 rings (SSSR count). The van der Waals surface area contributed by atoms with Gasteiger partial charge in [0.2, 0.25) is 0 Å². The van der Waals surface area contributed by atoms with Gasteiger partial charge in [-0.05, 0) is 83.6 Å². The van der Waals surface area contributed by atoms with Crippen molar-refractivity contribution in [2.24, 2.45) is 0 Å². The van der Waals surface area contributed by atoms with E-state index in [-0.39, 0.29) is 0 Å². The summed E-state index contributed by atoms with van der Waals surface area (Å²) in [6.45, 7) is 0. The smallest absolute Gasteiger partial charge is 0.160 e. The summed E-state index contributed by atoms with van der Waals surface area (Å²) in [5, 5.41) is 10.5. The molecule has 0 unspecified atom stereocenters. The Hall–Kier alpha value is -8.02. The first kappa shape index (κ1) is 32.1. The molecule has 5 nitrogen and oxygen atoms in total. The lowest BCUT2D eigenvalue weighted by Crippen LogP contribution is -1.97. The Morgan fingerprint density at radius 1 is 0.373 bits per heavy atom. The highest BCUT2D eigenvalue weighted by molar-refractivity contribution is 6.31. The van der Waals surface area contributed by atoms with Crippen LogP contribution in [-0.2, 0) is 0 Å². The Labute approximate surface area is 337 Å². The molecule has 0 aliphatic carbocycles. The highest BCUT2D eigenvalue weighted by Gasteiger charge is 2.24. The summed E-state index contributed by atoms with van der Waals surface area (Å²) in [4.78, 5) is 10.3. The minimum atomic E-state index is 0.696. The molecular formula is C54H32N4O. The average molecular weight is 753 g/mol. The molecule has 59 heavy (non-hydrogen) atoms. The van der Waals surface area contributed by atoms with Gasteiger partial charge in [-0.2, -0.15) is 0 Å². The standard InChI is InChI=1S/C54H32N4O/c1-2-13-34(14-3-1)51-41-17-6-9-19-44(41)55-54(56-51)35-23-25-37(26-24-35)57-46-30-28-40-39-16-7-10-20-45(39)58(38-27-22-33-12-4-5-15-36(33)32-38)52(40)49(46)43-29-31-48-50(53(43)57)42-18-8-11-21-47(42)59-48/h1-32H. The van der Waals surface area contributed by atoms with E-state index < -0.39 is 0 Å². The van der Waals surface area contributed by atoms with Crippen LogP contribution < -0.4 is 0 Å². The Morgan fingerprint density at radius 2 is 1.05 bits per heavy atom. The van der Waals surface area contributed by atoms with E-state index in [4.69, 9.17) is 14.4 Å². The minimum absolute atomic E-state index is 0.696. The van der Waals surface area contributed by atoms with Gasteiger partial charge in [0.25, 0.3) is 0 Å². The molecule has 0 radical (unpaired) electrons. The van der Waals surface area contributed by atoms with Crippen LogP contribution in [0.15, 0.2) is 199 Å². The largest absolute Gasteiger partial charge is 0.456 e. The van der Waals surface area contributed by atoms with Gasteiger partial charge in [0, 0.05) is 54.8 Å². The van der Waals surface area contributed by atoms with E-state index in [0.717, 1.165) is 72.1 Å². The Balaban J connectivity index is 1.11. The monoisotopic (exact) mass is 752 g/mol. The van der Waals surface area contributed by atoms with Crippen molar-refractivity contribution in [3.63, 3.8) is 0 Å². The lowest BCUT2D eigenvalue weighted by atomic mass is 10.1. The van der Waals surface area contributed by atoms with Crippen LogP contribution in [0.4, 0.5) is 0 Å². The third-order valence-electron chi connectivity index (χ3n) is 12.1. The highest BCUT2D eigenvalue weighted by atomic mass is 16.3. The second-order valence-electron chi connectivity index (χ2n) is 15.3. The van der Waals surface area contributed by atoms with E-state index in [1.54, 1.807) is 0 Å². The first-order valence-electron chi connectivity index (χ1n) is 20.0. The molecule has 5 heteroatoms. The van der Waals surface area contributed by atoms with E-state index in [2.05, 4.69) is 179 Å². The fraction of sp³-hybridized carbons (Fsp3) is 0. The van der Waals surface area contributed by atoms with Gasteiger partial charge in [-0.3, -0.25) is 0 Å². The fourth-order valence-corrected chi connectivity index (χ4v) is 9.49. The van der Waals surface area contributed by atoms with Crippen molar-refractivity contribution in [1.29, 1.82) is 0 Å². The number of para-hydroxylation sites is 3. The van der Waals surface area contributed by atoms with Crippen LogP contribution in [0.5, 0.6) is 0 Å². The molecule has 0 bridgehead atoms. The molecule has 0 saturated carbocycles. The molecular weight excluding hydrogens is 721 g/mol.